The van der Waals surface area contributed by atoms with Gasteiger partial charge < -0.3 is 4.74 Å². The Morgan fingerprint density at radius 3 is 2.59 bits per heavy atom. The molecule has 3 nitrogen and oxygen atoms in total. The predicted octanol–water partition coefficient (Wildman–Crippen LogP) is 2.07. The van der Waals surface area contributed by atoms with E-state index in [4.69, 9.17) is 4.74 Å². The molecule has 4 aliphatic rings. The Labute approximate surface area is 100 Å². The highest BCUT2D eigenvalue weighted by molar-refractivity contribution is 6.03. The summed E-state index contributed by atoms with van der Waals surface area (Å²) in [6.45, 7) is 2.18. The molecule has 0 N–H and O–H groups in total. The van der Waals surface area contributed by atoms with E-state index in [1.54, 1.807) is 0 Å². The van der Waals surface area contributed by atoms with E-state index < -0.39 is 10.8 Å². The van der Waals surface area contributed by atoms with Crippen LogP contribution < -0.4 is 0 Å². The fourth-order valence-corrected chi connectivity index (χ4v) is 5.08. The monoisotopic (exact) mass is 232 g/mol. The molecule has 3 heteroatoms. The number of carbonyl (C=O) groups excluding carboxylic acids is 2. The Morgan fingerprint density at radius 2 is 1.82 bits per heavy atom. The molecule has 0 spiro atoms. The van der Waals surface area contributed by atoms with Gasteiger partial charge in [-0.25, -0.2) is 0 Å². The molecule has 0 aromatic heterocycles. The molecule has 1 aliphatic heterocycles. The van der Waals surface area contributed by atoms with Gasteiger partial charge in [0.15, 0.2) is 0 Å². The molecule has 0 radical (unpaired) electrons. The lowest BCUT2D eigenvalue weighted by Crippen LogP contribution is -2.51. The molecule has 0 amide bonds. The zero-order chi connectivity index (χ0) is 11.8. The first-order valence-corrected chi connectivity index (χ1v) is 6.56. The third-order valence-corrected chi connectivity index (χ3v) is 5.76. The van der Waals surface area contributed by atoms with Crippen LogP contribution in [-0.4, -0.2) is 11.9 Å². The van der Waals surface area contributed by atoms with Crippen molar-refractivity contribution in [3.8, 4) is 0 Å². The van der Waals surface area contributed by atoms with Crippen LogP contribution in [0.25, 0.3) is 0 Å². The van der Waals surface area contributed by atoms with Crippen molar-refractivity contribution in [3.63, 3.8) is 0 Å². The lowest BCUT2D eigenvalue weighted by Gasteiger charge is -2.46. The van der Waals surface area contributed by atoms with Crippen molar-refractivity contribution in [2.45, 2.75) is 32.6 Å². The van der Waals surface area contributed by atoms with Gasteiger partial charge in [0, 0.05) is 0 Å². The number of carbonyl (C=O) groups is 2. The summed E-state index contributed by atoms with van der Waals surface area (Å²) >= 11 is 0. The minimum Gasteiger partial charge on any atom is -0.392 e. The van der Waals surface area contributed by atoms with Crippen LogP contribution >= 0.6 is 0 Å². The molecular formula is C14H16O3. The molecule has 2 bridgehead atoms. The number of hydrogen-bond acceptors (Lipinski definition) is 3. The SMILES string of the molecule is CC1CCC23C(=O)OC(=O)C2(C1)C1C=CC3C1. The highest BCUT2D eigenvalue weighted by Crippen LogP contribution is 2.73. The topological polar surface area (TPSA) is 43.4 Å². The van der Waals surface area contributed by atoms with Crippen molar-refractivity contribution < 1.29 is 14.3 Å². The number of cyclic esters (lactones) is 2. The summed E-state index contributed by atoms with van der Waals surface area (Å²) in [5.74, 6) is 0.555. The Balaban J connectivity index is 1.98. The Morgan fingerprint density at radius 1 is 1.18 bits per heavy atom. The molecule has 1 heterocycles. The van der Waals surface area contributed by atoms with E-state index >= 15 is 0 Å². The van der Waals surface area contributed by atoms with Crippen molar-refractivity contribution in [1.82, 2.24) is 0 Å². The summed E-state index contributed by atoms with van der Waals surface area (Å²) in [7, 11) is 0. The molecule has 0 aromatic rings. The van der Waals surface area contributed by atoms with Crippen molar-refractivity contribution in [1.29, 1.82) is 0 Å². The summed E-state index contributed by atoms with van der Waals surface area (Å²) in [5.41, 5.74) is -0.989. The van der Waals surface area contributed by atoms with Crippen LogP contribution in [0.3, 0.4) is 0 Å². The molecule has 3 fully saturated rings. The van der Waals surface area contributed by atoms with E-state index in [9.17, 15) is 9.59 Å². The Bertz CT molecular complexity index is 466. The van der Waals surface area contributed by atoms with Gasteiger partial charge in [-0.1, -0.05) is 19.1 Å². The Hall–Kier alpha value is -1.12. The number of hydrogen-bond donors (Lipinski definition) is 0. The molecular weight excluding hydrogens is 216 g/mol. The van der Waals surface area contributed by atoms with E-state index in [-0.39, 0.29) is 23.8 Å². The summed E-state index contributed by atoms with van der Waals surface area (Å²) in [5, 5.41) is 0. The number of fused-ring (bicyclic) bond motifs is 2. The number of rotatable bonds is 0. The van der Waals surface area contributed by atoms with Crippen LogP contribution in [0.5, 0.6) is 0 Å². The van der Waals surface area contributed by atoms with E-state index in [2.05, 4.69) is 19.1 Å². The lowest BCUT2D eigenvalue weighted by atomic mass is 9.51. The smallest absolute Gasteiger partial charge is 0.321 e. The average Bonchev–Trinajstić information content (AvgIpc) is 2.92. The van der Waals surface area contributed by atoms with Gasteiger partial charge in [0.2, 0.25) is 0 Å². The van der Waals surface area contributed by atoms with Crippen LogP contribution in [-0.2, 0) is 14.3 Å². The van der Waals surface area contributed by atoms with Gasteiger partial charge in [0.25, 0.3) is 0 Å². The molecule has 1 saturated heterocycles. The van der Waals surface area contributed by atoms with Crippen LogP contribution in [0.4, 0.5) is 0 Å². The highest BCUT2D eigenvalue weighted by atomic mass is 16.6. The van der Waals surface area contributed by atoms with E-state index in [0.717, 1.165) is 25.7 Å². The molecule has 3 aliphatic carbocycles. The number of ether oxygens (including phenoxy) is 1. The first-order valence-electron chi connectivity index (χ1n) is 6.56. The Kier molecular flexibility index (Phi) is 1.54. The summed E-state index contributed by atoms with van der Waals surface area (Å²) in [4.78, 5) is 24.5. The highest BCUT2D eigenvalue weighted by Gasteiger charge is 2.78. The predicted molar refractivity (Wildman–Crippen MR) is 59.7 cm³/mol. The van der Waals surface area contributed by atoms with Crippen LogP contribution in [0.15, 0.2) is 12.2 Å². The standard InChI is InChI=1S/C14H16O3/c1-8-4-5-13-9-2-3-10(6-9)14(13,7-8)12(16)17-11(13)15/h2-3,8-10H,4-7H2,1H3. The maximum atomic E-state index is 12.3. The van der Waals surface area contributed by atoms with Crippen molar-refractivity contribution >= 4 is 11.9 Å². The van der Waals surface area contributed by atoms with E-state index in [0.29, 0.717) is 5.92 Å². The average molecular weight is 232 g/mol. The molecule has 5 unspecified atom stereocenters. The van der Waals surface area contributed by atoms with Crippen LogP contribution in [0.2, 0.25) is 0 Å². The van der Waals surface area contributed by atoms with Gasteiger partial charge in [-0.15, -0.1) is 0 Å². The van der Waals surface area contributed by atoms with Crippen LogP contribution in [0, 0.1) is 28.6 Å². The summed E-state index contributed by atoms with van der Waals surface area (Å²) < 4.78 is 5.07. The van der Waals surface area contributed by atoms with Gasteiger partial charge in [-0.3, -0.25) is 9.59 Å². The zero-order valence-electron chi connectivity index (χ0n) is 9.94. The third-order valence-electron chi connectivity index (χ3n) is 5.76. The summed E-state index contributed by atoms with van der Waals surface area (Å²) in [6.07, 6.45) is 8.00. The van der Waals surface area contributed by atoms with Gasteiger partial charge >= 0.3 is 11.9 Å². The van der Waals surface area contributed by atoms with Crippen molar-refractivity contribution in [2.75, 3.05) is 0 Å². The zero-order valence-corrected chi connectivity index (χ0v) is 9.94. The second-order valence-corrected chi connectivity index (χ2v) is 6.30. The maximum absolute atomic E-state index is 12.3. The van der Waals surface area contributed by atoms with Crippen molar-refractivity contribution in [3.05, 3.63) is 12.2 Å². The molecule has 4 rings (SSSR count). The normalized spacial score (nSPS) is 54.8. The van der Waals surface area contributed by atoms with Gasteiger partial charge in [-0.05, 0) is 43.4 Å². The molecule has 2 saturated carbocycles. The minimum atomic E-state index is -0.499. The fraction of sp³-hybridized carbons (Fsp3) is 0.714. The van der Waals surface area contributed by atoms with Gasteiger partial charge in [0.1, 0.15) is 0 Å². The first kappa shape index (κ1) is 9.86. The number of allylic oxidation sites excluding steroid dienone is 2. The lowest BCUT2D eigenvalue weighted by molar-refractivity contribution is -0.157. The molecule has 5 atom stereocenters. The number of esters is 2. The van der Waals surface area contributed by atoms with Crippen molar-refractivity contribution in [2.24, 2.45) is 28.6 Å². The second kappa shape index (κ2) is 2.65. The molecule has 0 aromatic carbocycles. The second-order valence-electron chi connectivity index (χ2n) is 6.30. The van der Waals surface area contributed by atoms with E-state index in [1.165, 1.54) is 0 Å². The molecule has 17 heavy (non-hydrogen) atoms. The first-order chi connectivity index (χ1) is 8.11. The minimum absolute atomic E-state index is 0.230. The third kappa shape index (κ3) is 0.791. The van der Waals surface area contributed by atoms with Crippen LogP contribution in [0.1, 0.15) is 32.6 Å². The quantitative estimate of drug-likeness (QED) is 0.365. The van der Waals surface area contributed by atoms with Gasteiger partial charge in [0.05, 0.1) is 10.8 Å². The van der Waals surface area contributed by atoms with Gasteiger partial charge in [-0.2, -0.15) is 0 Å². The van der Waals surface area contributed by atoms with E-state index in [1.807, 2.05) is 0 Å². The maximum Gasteiger partial charge on any atom is 0.321 e. The molecule has 90 valence electrons. The fourth-order valence-electron chi connectivity index (χ4n) is 5.08. The summed E-state index contributed by atoms with van der Waals surface area (Å²) in [6, 6.07) is 0. The largest absolute Gasteiger partial charge is 0.392 e.